The van der Waals surface area contributed by atoms with E-state index in [1.165, 1.54) is 23.8 Å². The van der Waals surface area contributed by atoms with Gasteiger partial charge in [-0.05, 0) is 74.3 Å². The summed E-state index contributed by atoms with van der Waals surface area (Å²) in [5, 5.41) is 0. The smallest absolute Gasteiger partial charge is 0.308 e. The Bertz CT molecular complexity index is 498. The number of esters is 1. The molecule has 1 aromatic rings. The number of hydrogen-bond acceptors (Lipinski definition) is 3. The van der Waals surface area contributed by atoms with Crippen LogP contribution in [0.3, 0.4) is 0 Å². The van der Waals surface area contributed by atoms with Gasteiger partial charge in [0.25, 0.3) is 0 Å². The van der Waals surface area contributed by atoms with Crippen molar-refractivity contribution in [2.24, 2.45) is 11.8 Å². The van der Waals surface area contributed by atoms with E-state index in [4.69, 9.17) is 9.47 Å². The summed E-state index contributed by atoms with van der Waals surface area (Å²) in [5.74, 6) is 1.97. The number of ether oxygens (including phenoxy) is 2. The maximum absolute atomic E-state index is 11.5. The summed E-state index contributed by atoms with van der Waals surface area (Å²) in [7, 11) is 1.47. The molecular formula is C18H26O3. The van der Waals surface area contributed by atoms with E-state index >= 15 is 0 Å². The summed E-state index contributed by atoms with van der Waals surface area (Å²) < 4.78 is 10.4. The van der Waals surface area contributed by atoms with Crippen LogP contribution in [0.1, 0.15) is 49.3 Å². The number of carbonyl (C=O) groups is 1. The Kier molecular flexibility index (Phi) is 4.92. The molecular weight excluding hydrogens is 264 g/mol. The van der Waals surface area contributed by atoms with Gasteiger partial charge in [-0.25, -0.2) is 0 Å². The summed E-state index contributed by atoms with van der Waals surface area (Å²) in [6.07, 6.45) is 2.03. The molecule has 1 aliphatic rings. The molecule has 3 unspecified atom stereocenters. The lowest BCUT2D eigenvalue weighted by molar-refractivity contribution is -0.142. The molecule has 0 aromatic heterocycles. The molecule has 3 atom stereocenters. The summed E-state index contributed by atoms with van der Waals surface area (Å²) in [6.45, 7) is 9.23. The van der Waals surface area contributed by atoms with Crippen LogP contribution in [0, 0.1) is 25.7 Å². The molecule has 1 aromatic carbocycles. The Hall–Kier alpha value is -1.51. The van der Waals surface area contributed by atoms with Crippen molar-refractivity contribution in [3.63, 3.8) is 0 Å². The van der Waals surface area contributed by atoms with Crippen molar-refractivity contribution >= 4 is 5.97 Å². The molecule has 116 valence electrons. The molecule has 0 radical (unpaired) electrons. The molecule has 0 saturated heterocycles. The van der Waals surface area contributed by atoms with Crippen LogP contribution in [0.4, 0.5) is 0 Å². The molecule has 21 heavy (non-hydrogen) atoms. The fourth-order valence-electron chi connectivity index (χ4n) is 3.48. The Morgan fingerprint density at radius 1 is 1.33 bits per heavy atom. The first-order valence-corrected chi connectivity index (χ1v) is 7.79. The first kappa shape index (κ1) is 15.9. The lowest BCUT2D eigenvalue weighted by Gasteiger charge is -2.19. The average molecular weight is 290 g/mol. The third kappa shape index (κ3) is 3.58. The van der Waals surface area contributed by atoms with Crippen LogP contribution < -0.4 is 4.74 Å². The van der Waals surface area contributed by atoms with Gasteiger partial charge in [0.05, 0.1) is 19.6 Å². The fraction of sp³-hybridized carbons (Fsp3) is 0.611. The van der Waals surface area contributed by atoms with E-state index in [-0.39, 0.29) is 11.9 Å². The molecule has 0 aliphatic heterocycles. The zero-order valence-electron chi connectivity index (χ0n) is 13.7. The highest BCUT2D eigenvalue weighted by atomic mass is 16.5. The predicted octanol–water partition coefficient (Wildman–Crippen LogP) is 4.00. The van der Waals surface area contributed by atoms with Crippen LogP contribution in [-0.4, -0.2) is 19.7 Å². The minimum absolute atomic E-state index is 0.0488. The lowest BCUT2D eigenvalue weighted by Crippen LogP contribution is -2.07. The van der Waals surface area contributed by atoms with Crippen LogP contribution in [0.15, 0.2) is 12.1 Å². The van der Waals surface area contributed by atoms with Crippen molar-refractivity contribution in [1.82, 2.24) is 0 Å². The molecule has 0 N–H and O–H groups in total. The minimum atomic E-state index is -0.0488. The minimum Gasteiger partial charge on any atom is -0.494 e. The van der Waals surface area contributed by atoms with E-state index in [0.29, 0.717) is 18.4 Å². The zero-order valence-corrected chi connectivity index (χ0v) is 13.7. The molecule has 1 aliphatic carbocycles. The van der Waals surface area contributed by atoms with Crippen molar-refractivity contribution in [2.75, 3.05) is 13.7 Å². The van der Waals surface area contributed by atoms with Gasteiger partial charge in [0, 0.05) is 0 Å². The normalized spacial score (nSPS) is 21.8. The van der Waals surface area contributed by atoms with Crippen molar-refractivity contribution in [3.05, 3.63) is 28.8 Å². The highest BCUT2D eigenvalue weighted by Crippen LogP contribution is 2.46. The van der Waals surface area contributed by atoms with E-state index in [9.17, 15) is 4.79 Å². The molecule has 3 heteroatoms. The van der Waals surface area contributed by atoms with E-state index in [2.05, 4.69) is 32.9 Å². The molecule has 0 heterocycles. The number of rotatable bonds is 6. The first-order chi connectivity index (χ1) is 9.97. The second kappa shape index (κ2) is 6.50. The van der Waals surface area contributed by atoms with Gasteiger partial charge in [0.1, 0.15) is 5.75 Å². The molecule has 3 nitrogen and oxygen atoms in total. The van der Waals surface area contributed by atoms with E-state index in [0.717, 1.165) is 18.6 Å². The Morgan fingerprint density at radius 2 is 1.95 bits per heavy atom. The maximum Gasteiger partial charge on any atom is 0.308 e. The quantitative estimate of drug-likeness (QED) is 0.743. The van der Waals surface area contributed by atoms with Crippen LogP contribution in [0.25, 0.3) is 0 Å². The number of hydrogen-bond donors (Lipinski definition) is 0. The first-order valence-electron chi connectivity index (χ1n) is 7.79. The summed E-state index contributed by atoms with van der Waals surface area (Å²) in [6, 6.07) is 4.24. The molecule has 0 bridgehead atoms. The second-order valence-corrected chi connectivity index (χ2v) is 6.17. The standard InChI is InChI=1S/C18H26O3/c1-6-21-15-8-12(3)17(13(4)9-15)11(2)7-14-10-16(14)18(19)20-5/h8-9,11,14,16H,6-7,10H2,1-5H3. The summed E-state index contributed by atoms with van der Waals surface area (Å²) in [5.41, 5.74) is 3.96. The highest BCUT2D eigenvalue weighted by molar-refractivity contribution is 5.75. The van der Waals surface area contributed by atoms with E-state index in [1.54, 1.807) is 0 Å². The number of aryl methyl sites for hydroxylation is 2. The van der Waals surface area contributed by atoms with Gasteiger partial charge >= 0.3 is 5.97 Å². The van der Waals surface area contributed by atoms with Crippen LogP contribution in [0.2, 0.25) is 0 Å². The number of methoxy groups -OCH3 is 1. The van der Waals surface area contributed by atoms with Gasteiger partial charge in [0.2, 0.25) is 0 Å². The SMILES string of the molecule is CCOc1cc(C)c(C(C)CC2CC2C(=O)OC)c(C)c1. The van der Waals surface area contributed by atoms with Crippen LogP contribution in [-0.2, 0) is 9.53 Å². The molecule has 2 rings (SSSR count). The zero-order chi connectivity index (χ0) is 15.6. The summed E-state index contributed by atoms with van der Waals surface area (Å²) >= 11 is 0. The molecule has 0 spiro atoms. The molecule has 1 saturated carbocycles. The second-order valence-electron chi connectivity index (χ2n) is 6.17. The lowest BCUT2D eigenvalue weighted by atomic mass is 9.88. The molecule has 0 amide bonds. The van der Waals surface area contributed by atoms with E-state index in [1.807, 2.05) is 6.92 Å². The van der Waals surface area contributed by atoms with Gasteiger partial charge < -0.3 is 9.47 Å². The highest BCUT2D eigenvalue weighted by Gasteiger charge is 2.44. The largest absolute Gasteiger partial charge is 0.494 e. The average Bonchev–Trinajstić information content (AvgIpc) is 3.16. The Morgan fingerprint density at radius 3 is 2.48 bits per heavy atom. The fourth-order valence-corrected chi connectivity index (χ4v) is 3.48. The number of benzene rings is 1. The van der Waals surface area contributed by atoms with Crippen molar-refractivity contribution in [1.29, 1.82) is 0 Å². The van der Waals surface area contributed by atoms with Gasteiger partial charge in [-0.2, -0.15) is 0 Å². The van der Waals surface area contributed by atoms with Gasteiger partial charge in [-0.3, -0.25) is 4.79 Å². The van der Waals surface area contributed by atoms with Gasteiger partial charge in [-0.15, -0.1) is 0 Å². The Balaban J connectivity index is 2.06. The van der Waals surface area contributed by atoms with Gasteiger partial charge in [-0.1, -0.05) is 6.92 Å². The van der Waals surface area contributed by atoms with Crippen molar-refractivity contribution < 1.29 is 14.3 Å². The van der Waals surface area contributed by atoms with Gasteiger partial charge in [0.15, 0.2) is 0 Å². The predicted molar refractivity (Wildman–Crippen MR) is 83.7 cm³/mol. The summed E-state index contributed by atoms with van der Waals surface area (Å²) in [4.78, 5) is 11.5. The maximum atomic E-state index is 11.5. The third-order valence-corrected chi connectivity index (χ3v) is 4.45. The Labute approximate surface area is 127 Å². The topological polar surface area (TPSA) is 35.5 Å². The monoisotopic (exact) mass is 290 g/mol. The third-order valence-electron chi connectivity index (χ3n) is 4.45. The van der Waals surface area contributed by atoms with Crippen LogP contribution >= 0.6 is 0 Å². The van der Waals surface area contributed by atoms with Crippen molar-refractivity contribution in [2.45, 2.75) is 46.5 Å². The van der Waals surface area contributed by atoms with Crippen LogP contribution in [0.5, 0.6) is 5.75 Å². The van der Waals surface area contributed by atoms with E-state index < -0.39 is 0 Å². The van der Waals surface area contributed by atoms with Crippen molar-refractivity contribution in [3.8, 4) is 5.75 Å². The number of carbonyl (C=O) groups excluding carboxylic acids is 1. The molecule has 1 fully saturated rings.